The highest BCUT2D eigenvalue weighted by Crippen LogP contribution is 2.19. The summed E-state index contributed by atoms with van der Waals surface area (Å²) in [5, 5.41) is 9.40. The van der Waals surface area contributed by atoms with Crippen molar-refractivity contribution in [1.82, 2.24) is 9.80 Å². The lowest BCUT2D eigenvalue weighted by molar-refractivity contribution is -0.150. The number of ether oxygens (including phenoxy) is 2. The van der Waals surface area contributed by atoms with E-state index in [9.17, 15) is 19.5 Å². The zero-order valence-electron chi connectivity index (χ0n) is 41.8. The molecule has 0 aromatic carbocycles. The molecule has 8 heteroatoms. The predicted molar refractivity (Wildman–Crippen MR) is 268 cm³/mol. The Morgan fingerprint density at radius 1 is 0.508 bits per heavy atom. The van der Waals surface area contributed by atoms with Crippen LogP contribution in [-0.4, -0.2) is 85.8 Å². The zero-order valence-corrected chi connectivity index (χ0v) is 41.8. The third kappa shape index (κ3) is 40.5. The van der Waals surface area contributed by atoms with Gasteiger partial charge in [-0.15, -0.1) is 0 Å². The Morgan fingerprint density at radius 3 is 1.38 bits per heavy atom. The molecule has 1 unspecified atom stereocenters. The maximum Gasteiger partial charge on any atom is 0.305 e. The van der Waals surface area contributed by atoms with E-state index in [0.717, 1.165) is 122 Å². The summed E-state index contributed by atoms with van der Waals surface area (Å²) in [5.74, 6) is -0.682. The average Bonchev–Trinajstić information content (AvgIpc) is 3.28. The Bertz CT molecular complexity index is 1100. The molecule has 1 amide bonds. The molecular formula is C55H100N2O6. The molecule has 0 radical (unpaired) electrons. The predicted octanol–water partition coefficient (Wildman–Crippen LogP) is 14.1. The maximum atomic E-state index is 14.1. The summed E-state index contributed by atoms with van der Waals surface area (Å²) in [6.45, 7) is 11.4. The van der Waals surface area contributed by atoms with E-state index in [1.165, 1.54) is 64.2 Å². The minimum atomic E-state index is -0.306. The summed E-state index contributed by atoms with van der Waals surface area (Å²) >= 11 is 0. The highest BCUT2D eigenvalue weighted by atomic mass is 16.5. The first-order valence-electron chi connectivity index (χ1n) is 26.3. The van der Waals surface area contributed by atoms with Crippen molar-refractivity contribution in [3.63, 3.8) is 0 Å². The van der Waals surface area contributed by atoms with Crippen LogP contribution in [0.3, 0.4) is 0 Å². The number of likely N-dealkylation sites (N-methyl/N-ethyl adjacent to an activating group) is 1. The standard InChI is InChI=1S/C55H100N2O6/c1-6-10-13-15-17-19-21-23-25-27-29-31-33-35-38-42-53(59)62-49-51(48-57(45-40-44-56(5)46-47-58)55(61)52(9-4)41-37-12-8-3)50-63-54(60)43-39-36-34-32-30-28-26-24-22-20-18-16-14-11-7-2/h17-20,23-26,51-52,58H,6-16,21-22,27-50H2,1-5H3/b19-17-,20-18-,25-23-,26-24-. The van der Waals surface area contributed by atoms with Crippen molar-refractivity contribution in [2.24, 2.45) is 11.8 Å². The summed E-state index contributed by atoms with van der Waals surface area (Å²) in [4.78, 5) is 44.0. The molecule has 0 bridgehead atoms. The molecule has 0 fully saturated rings. The first kappa shape index (κ1) is 60.3. The van der Waals surface area contributed by atoms with Crippen LogP contribution < -0.4 is 0 Å². The fraction of sp³-hybridized carbons (Fsp3) is 0.800. The fourth-order valence-corrected chi connectivity index (χ4v) is 7.70. The van der Waals surface area contributed by atoms with E-state index in [0.29, 0.717) is 32.5 Å². The number of amides is 1. The maximum absolute atomic E-state index is 14.1. The molecule has 0 heterocycles. The van der Waals surface area contributed by atoms with Gasteiger partial charge in [0.1, 0.15) is 0 Å². The Kier molecular flexibility index (Phi) is 45.2. The van der Waals surface area contributed by atoms with Gasteiger partial charge in [0, 0.05) is 44.3 Å². The third-order valence-electron chi connectivity index (χ3n) is 11.9. The number of allylic oxidation sites excluding steroid dienone is 8. The van der Waals surface area contributed by atoms with E-state index in [1.807, 2.05) is 11.9 Å². The molecular weight excluding hydrogens is 785 g/mol. The van der Waals surface area contributed by atoms with Crippen LogP contribution in [0.15, 0.2) is 48.6 Å². The van der Waals surface area contributed by atoms with Crippen molar-refractivity contribution in [2.45, 2.75) is 220 Å². The Balaban J connectivity index is 5.10. The number of rotatable bonds is 46. The molecule has 0 saturated carbocycles. The molecule has 366 valence electrons. The van der Waals surface area contributed by atoms with Gasteiger partial charge in [0.05, 0.1) is 19.8 Å². The highest BCUT2D eigenvalue weighted by Gasteiger charge is 2.26. The molecule has 0 saturated heterocycles. The molecule has 0 aliphatic carbocycles. The van der Waals surface area contributed by atoms with E-state index in [1.54, 1.807) is 0 Å². The lowest BCUT2D eigenvalue weighted by Crippen LogP contribution is -2.43. The van der Waals surface area contributed by atoms with Gasteiger partial charge < -0.3 is 24.4 Å². The largest absolute Gasteiger partial charge is 0.465 e. The Hall–Kier alpha value is -2.71. The molecule has 0 spiro atoms. The smallest absolute Gasteiger partial charge is 0.305 e. The van der Waals surface area contributed by atoms with Crippen molar-refractivity contribution in [2.75, 3.05) is 53.0 Å². The van der Waals surface area contributed by atoms with Crippen LogP contribution in [-0.2, 0) is 23.9 Å². The van der Waals surface area contributed by atoms with E-state index in [4.69, 9.17) is 9.47 Å². The molecule has 63 heavy (non-hydrogen) atoms. The Morgan fingerprint density at radius 2 is 0.937 bits per heavy atom. The van der Waals surface area contributed by atoms with Crippen LogP contribution in [0.25, 0.3) is 0 Å². The van der Waals surface area contributed by atoms with Crippen LogP contribution in [0.1, 0.15) is 220 Å². The second kappa shape index (κ2) is 47.3. The van der Waals surface area contributed by atoms with Gasteiger partial charge >= 0.3 is 11.9 Å². The molecule has 1 atom stereocenters. The number of aliphatic hydroxyl groups excluding tert-OH is 1. The number of aliphatic hydroxyl groups is 1. The Labute approximate surface area is 389 Å². The number of unbranched alkanes of at least 4 members (excludes halogenated alkanes) is 18. The van der Waals surface area contributed by atoms with Gasteiger partial charge in [-0.25, -0.2) is 0 Å². The molecule has 8 nitrogen and oxygen atoms in total. The van der Waals surface area contributed by atoms with Crippen molar-refractivity contribution in [1.29, 1.82) is 0 Å². The lowest BCUT2D eigenvalue weighted by Gasteiger charge is -2.31. The molecule has 1 N–H and O–H groups in total. The quantitative estimate of drug-likeness (QED) is 0.0369. The number of esters is 2. The van der Waals surface area contributed by atoms with Crippen LogP contribution in [0, 0.1) is 11.8 Å². The van der Waals surface area contributed by atoms with Crippen LogP contribution in [0.2, 0.25) is 0 Å². The minimum absolute atomic E-state index is 0.0611. The third-order valence-corrected chi connectivity index (χ3v) is 11.9. The molecule has 0 aliphatic heterocycles. The molecule has 0 aromatic heterocycles. The van der Waals surface area contributed by atoms with Crippen molar-refractivity contribution in [3.8, 4) is 0 Å². The first-order valence-corrected chi connectivity index (χ1v) is 26.3. The van der Waals surface area contributed by atoms with Crippen LogP contribution in [0.5, 0.6) is 0 Å². The summed E-state index contributed by atoms with van der Waals surface area (Å²) < 4.78 is 11.7. The van der Waals surface area contributed by atoms with Gasteiger partial charge in [0.25, 0.3) is 0 Å². The van der Waals surface area contributed by atoms with E-state index >= 15 is 0 Å². The van der Waals surface area contributed by atoms with Gasteiger partial charge in [-0.2, -0.15) is 0 Å². The van der Waals surface area contributed by atoms with Crippen molar-refractivity contribution in [3.05, 3.63) is 48.6 Å². The number of carbonyl (C=O) groups is 3. The number of nitrogens with zero attached hydrogens (tertiary/aromatic N) is 2. The van der Waals surface area contributed by atoms with E-state index < -0.39 is 0 Å². The molecule has 0 aromatic rings. The zero-order chi connectivity index (χ0) is 46.3. The molecule has 0 rings (SSSR count). The van der Waals surface area contributed by atoms with E-state index in [2.05, 4.69) is 81.2 Å². The monoisotopic (exact) mass is 885 g/mol. The summed E-state index contributed by atoms with van der Waals surface area (Å²) in [5.41, 5.74) is 0. The van der Waals surface area contributed by atoms with Crippen LogP contribution in [0.4, 0.5) is 0 Å². The summed E-state index contributed by atoms with van der Waals surface area (Å²) in [7, 11) is 1.98. The SMILES string of the molecule is CCCCC/C=C\C/C=C\CCCCCCCC(=O)OCC(COC(=O)CCCCCCC/C=C\C/C=C\CCCCC)CN(CCCN(C)CCO)C(=O)C(CC)CCCCC. The first-order chi connectivity index (χ1) is 30.8. The second-order valence-corrected chi connectivity index (χ2v) is 18.0. The lowest BCUT2D eigenvalue weighted by atomic mass is 9.96. The summed E-state index contributed by atoms with van der Waals surface area (Å²) in [6, 6.07) is 0. The van der Waals surface area contributed by atoms with E-state index in [-0.39, 0.29) is 49.5 Å². The van der Waals surface area contributed by atoms with Gasteiger partial charge in [-0.05, 0) is 110 Å². The van der Waals surface area contributed by atoms with Gasteiger partial charge in [0.2, 0.25) is 5.91 Å². The van der Waals surface area contributed by atoms with Crippen molar-refractivity contribution < 1.29 is 29.0 Å². The average molecular weight is 885 g/mol. The molecule has 0 aliphatic rings. The topological polar surface area (TPSA) is 96.4 Å². The number of carbonyl (C=O) groups excluding carboxylic acids is 3. The minimum Gasteiger partial charge on any atom is -0.465 e. The number of hydrogen-bond donors (Lipinski definition) is 1. The van der Waals surface area contributed by atoms with Gasteiger partial charge in [-0.1, -0.05) is 160 Å². The van der Waals surface area contributed by atoms with Gasteiger partial charge in [0.15, 0.2) is 0 Å². The van der Waals surface area contributed by atoms with Gasteiger partial charge in [-0.3, -0.25) is 14.4 Å². The fourth-order valence-electron chi connectivity index (χ4n) is 7.70. The number of hydrogen-bond acceptors (Lipinski definition) is 7. The van der Waals surface area contributed by atoms with Crippen molar-refractivity contribution >= 4 is 17.8 Å². The highest BCUT2D eigenvalue weighted by molar-refractivity contribution is 5.78. The second-order valence-electron chi connectivity index (χ2n) is 18.0. The summed E-state index contributed by atoms with van der Waals surface area (Å²) in [6.07, 6.45) is 49.4. The normalized spacial score (nSPS) is 12.6. The van der Waals surface area contributed by atoms with Crippen LogP contribution >= 0.6 is 0 Å².